The molecule has 1 atom stereocenters. The summed E-state index contributed by atoms with van der Waals surface area (Å²) in [5.41, 5.74) is -0.0717. The van der Waals surface area contributed by atoms with Gasteiger partial charge in [-0.3, -0.25) is 0 Å². The Labute approximate surface area is 146 Å². The SMILES string of the molecule is COC(C)(CNS(=O)(=O)c1cccc(Cl)c1)c1cccc(Cl)c1. The van der Waals surface area contributed by atoms with Gasteiger partial charge in [-0.05, 0) is 42.8 Å². The quantitative estimate of drug-likeness (QED) is 0.836. The summed E-state index contributed by atoms with van der Waals surface area (Å²) in [5, 5.41) is 0.917. The molecule has 0 amide bonds. The first-order valence-corrected chi connectivity index (χ1v) is 9.07. The smallest absolute Gasteiger partial charge is 0.240 e. The van der Waals surface area contributed by atoms with Gasteiger partial charge in [0.2, 0.25) is 10.0 Å². The van der Waals surface area contributed by atoms with Crippen LogP contribution in [0, 0.1) is 0 Å². The number of sulfonamides is 1. The van der Waals surface area contributed by atoms with Crippen LogP contribution in [0.5, 0.6) is 0 Å². The molecule has 7 heteroatoms. The summed E-state index contributed by atoms with van der Waals surface area (Å²) in [4.78, 5) is 0.106. The predicted octanol–water partition coefficient (Wildman–Crippen LogP) is 3.83. The Morgan fingerprint density at radius 2 is 1.70 bits per heavy atom. The molecular formula is C16H17Cl2NO3S. The maximum Gasteiger partial charge on any atom is 0.240 e. The normalized spacial score (nSPS) is 14.4. The highest BCUT2D eigenvalue weighted by molar-refractivity contribution is 7.89. The van der Waals surface area contributed by atoms with Crippen LogP contribution in [-0.2, 0) is 20.4 Å². The van der Waals surface area contributed by atoms with Gasteiger partial charge in [0, 0.05) is 23.7 Å². The number of hydrogen-bond donors (Lipinski definition) is 1. The lowest BCUT2D eigenvalue weighted by atomic mass is 9.96. The van der Waals surface area contributed by atoms with Crippen LogP contribution >= 0.6 is 23.2 Å². The van der Waals surface area contributed by atoms with Crippen molar-refractivity contribution in [1.82, 2.24) is 4.72 Å². The highest BCUT2D eigenvalue weighted by Gasteiger charge is 2.29. The van der Waals surface area contributed by atoms with E-state index in [1.165, 1.54) is 19.2 Å². The van der Waals surface area contributed by atoms with Gasteiger partial charge in [-0.15, -0.1) is 0 Å². The second-order valence-corrected chi connectivity index (χ2v) is 7.87. The minimum atomic E-state index is -3.69. The van der Waals surface area contributed by atoms with Gasteiger partial charge in [-0.25, -0.2) is 13.1 Å². The van der Waals surface area contributed by atoms with Gasteiger partial charge in [-0.1, -0.05) is 41.4 Å². The fourth-order valence-corrected chi connectivity index (χ4v) is 3.68. The van der Waals surface area contributed by atoms with Crippen molar-refractivity contribution >= 4 is 33.2 Å². The molecule has 1 unspecified atom stereocenters. The molecule has 2 aromatic carbocycles. The zero-order chi connectivity index (χ0) is 17.1. The number of ether oxygens (including phenoxy) is 1. The first-order valence-electron chi connectivity index (χ1n) is 6.83. The van der Waals surface area contributed by atoms with Crippen LogP contribution in [0.1, 0.15) is 12.5 Å². The number of benzene rings is 2. The fourth-order valence-electron chi connectivity index (χ4n) is 2.06. The van der Waals surface area contributed by atoms with E-state index < -0.39 is 15.6 Å². The Hall–Kier alpha value is -1.11. The van der Waals surface area contributed by atoms with E-state index >= 15 is 0 Å². The Morgan fingerprint density at radius 3 is 2.26 bits per heavy atom. The predicted molar refractivity (Wildman–Crippen MR) is 92.5 cm³/mol. The van der Waals surface area contributed by atoms with Crippen molar-refractivity contribution in [3.8, 4) is 0 Å². The standard InChI is InChI=1S/C16H17Cl2NO3S/c1-16(22-2,12-5-3-6-13(17)9-12)11-19-23(20,21)15-8-4-7-14(18)10-15/h3-10,19H,11H2,1-2H3. The molecule has 0 spiro atoms. The maximum atomic E-state index is 12.4. The average molecular weight is 374 g/mol. The van der Waals surface area contributed by atoms with E-state index in [1.807, 2.05) is 6.07 Å². The zero-order valence-corrected chi connectivity index (χ0v) is 15.0. The lowest BCUT2D eigenvalue weighted by Crippen LogP contribution is -2.40. The van der Waals surface area contributed by atoms with Gasteiger partial charge in [-0.2, -0.15) is 0 Å². The molecule has 0 aliphatic rings. The summed E-state index contributed by atoms with van der Waals surface area (Å²) < 4.78 is 32.9. The molecule has 2 aromatic rings. The summed E-state index contributed by atoms with van der Waals surface area (Å²) in [7, 11) is -2.17. The van der Waals surface area contributed by atoms with Gasteiger partial charge in [0.15, 0.2) is 0 Å². The molecule has 23 heavy (non-hydrogen) atoms. The Morgan fingerprint density at radius 1 is 1.09 bits per heavy atom. The molecule has 0 aliphatic carbocycles. The second-order valence-electron chi connectivity index (χ2n) is 5.23. The van der Waals surface area contributed by atoms with Crippen LogP contribution < -0.4 is 4.72 Å². The number of hydrogen-bond acceptors (Lipinski definition) is 3. The molecule has 0 radical (unpaired) electrons. The third-order valence-electron chi connectivity index (χ3n) is 3.59. The van der Waals surface area contributed by atoms with Gasteiger partial charge in [0.05, 0.1) is 4.90 Å². The molecule has 0 aliphatic heterocycles. The summed E-state index contributed by atoms with van der Waals surface area (Å²) in [6.45, 7) is 1.85. The lowest BCUT2D eigenvalue weighted by molar-refractivity contribution is 0.00699. The number of nitrogens with one attached hydrogen (secondary N) is 1. The van der Waals surface area contributed by atoms with Crippen molar-refractivity contribution in [1.29, 1.82) is 0 Å². The molecule has 4 nitrogen and oxygen atoms in total. The molecule has 0 saturated carbocycles. The van der Waals surface area contributed by atoms with E-state index in [1.54, 1.807) is 37.3 Å². The van der Waals surface area contributed by atoms with E-state index in [4.69, 9.17) is 27.9 Å². The Balaban J connectivity index is 2.23. The minimum absolute atomic E-state index is 0.0543. The maximum absolute atomic E-state index is 12.4. The van der Waals surface area contributed by atoms with E-state index in [0.29, 0.717) is 10.0 Å². The van der Waals surface area contributed by atoms with Crippen LogP contribution in [0.4, 0.5) is 0 Å². The summed E-state index contributed by atoms with van der Waals surface area (Å²) in [6.07, 6.45) is 0. The topological polar surface area (TPSA) is 55.4 Å². The van der Waals surface area contributed by atoms with Crippen molar-refractivity contribution < 1.29 is 13.2 Å². The van der Waals surface area contributed by atoms with Crippen LogP contribution in [0.15, 0.2) is 53.4 Å². The summed E-state index contributed by atoms with van der Waals surface area (Å²) in [6, 6.07) is 13.2. The van der Waals surface area contributed by atoms with Gasteiger partial charge >= 0.3 is 0 Å². The van der Waals surface area contributed by atoms with Crippen molar-refractivity contribution in [2.24, 2.45) is 0 Å². The molecule has 1 N–H and O–H groups in total. The van der Waals surface area contributed by atoms with Crippen LogP contribution in [-0.4, -0.2) is 22.1 Å². The molecule has 0 aromatic heterocycles. The van der Waals surface area contributed by atoms with Crippen molar-refractivity contribution in [2.75, 3.05) is 13.7 Å². The average Bonchev–Trinajstić information content (AvgIpc) is 2.53. The largest absolute Gasteiger partial charge is 0.372 e. The van der Waals surface area contributed by atoms with Crippen LogP contribution in [0.2, 0.25) is 10.0 Å². The Kier molecular flexibility index (Phi) is 5.70. The van der Waals surface area contributed by atoms with E-state index in [9.17, 15) is 8.42 Å². The lowest BCUT2D eigenvalue weighted by Gasteiger charge is -2.29. The molecule has 0 heterocycles. The van der Waals surface area contributed by atoms with E-state index in [0.717, 1.165) is 5.56 Å². The summed E-state index contributed by atoms with van der Waals surface area (Å²) >= 11 is 11.9. The third kappa shape index (κ3) is 4.46. The molecule has 2 rings (SSSR count). The first-order chi connectivity index (χ1) is 10.8. The van der Waals surface area contributed by atoms with Crippen LogP contribution in [0.25, 0.3) is 0 Å². The molecule has 0 bridgehead atoms. The second kappa shape index (κ2) is 7.20. The van der Waals surface area contributed by atoms with Gasteiger partial charge in [0.25, 0.3) is 0 Å². The third-order valence-corrected chi connectivity index (χ3v) is 5.46. The number of rotatable bonds is 6. The van der Waals surface area contributed by atoms with Gasteiger partial charge in [0.1, 0.15) is 5.60 Å². The fraction of sp³-hybridized carbons (Fsp3) is 0.250. The first kappa shape index (κ1) is 18.2. The molecule has 0 saturated heterocycles. The van der Waals surface area contributed by atoms with Crippen LogP contribution in [0.3, 0.4) is 0 Å². The van der Waals surface area contributed by atoms with E-state index in [-0.39, 0.29) is 11.4 Å². The van der Waals surface area contributed by atoms with Crippen molar-refractivity contribution in [2.45, 2.75) is 17.4 Å². The number of halogens is 2. The van der Waals surface area contributed by atoms with Gasteiger partial charge < -0.3 is 4.74 Å². The highest BCUT2D eigenvalue weighted by atomic mass is 35.5. The van der Waals surface area contributed by atoms with Crippen molar-refractivity contribution in [3.63, 3.8) is 0 Å². The van der Waals surface area contributed by atoms with Crippen molar-refractivity contribution in [3.05, 3.63) is 64.1 Å². The van der Waals surface area contributed by atoms with E-state index in [2.05, 4.69) is 4.72 Å². The minimum Gasteiger partial charge on any atom is -0.372 e. The summed E-state index contributed by atoms with van der Waals surface area (Å²) in [5.74, 6) is 0. The Bertz CT molecular complexity index is 795. The highest BCUT2D eigenvalue weighted by Crippen LogP contribution is 2.27. The monoisotopic (exact) mass is 373 g/mol. The zero-order valence-electron chi connectivity index (χ0n) is 12.7. The molecular weight excluding hydrogens is 357 g/mol. The molecule has 0 fully saturated rings. The number of methoxy groups -OCH3 is 1. The molecule has 124 valence electrons.